The van der Waals surface area contributed by atoms with E-state index < -0.39 is 0 Å². The Morgan fingerprint density at radius 2 is 2.24 bits per heavy atom. The molecule has 3 nitrogen and oxygen atoms in total. The Morgan fingerprint density at radius 1 is 1.47 bits per heavy atom. The summed E-state index contributed by atoms with van der Waals surface area (Å²) in [6.07, 6.45) is 2.28. The van der Waals surface area contributed by atoms with E-state index in [0.717, 1.165) is 27.8 Å². The molecule has 0 atom stereocenters. The molecule has 1 N–H and O–H groups in total. The van der Waals surface area contributed by atoms with Crippen molar-refractivity contribution in [3.05, 3.63) is 32.4 Å². The molecule has 1 saturated carbocycles. The standard InChI is InChI=1S/C11H9FIN3S/c12-6-1-4-8(9(13)5-6)10-14-15-11(17)16(10)7-2-3-7/h1,4-5,7H,2-3H2,(H,15,17). The zero-order chi connectivity index (χ0) is 12.0. The first-order valence-corrected chi connectivity index (χ1v) is 6.78. The summed E-state index contributed by atoms with van der Waals surface area (Å²) < 4.78 is 16.6. The molecule has 0 radical (unpaired) electrons. The highest BCUT2D eigenvalue weighted by Gasteiger charge is 2.28. The van der Waals surface area contributed by atoms with Crippen LogP contribution in [0.1, 0.15) is 18.9 Å². The number of hydrogen-bond acceptors (Lipinski definition) is 2. The summed E-state index contributed by atoms with van der Waals surface area (Å²) in [6.45, 7) is 0. The molecule has 1 aromatic carbocycles. The summed E-state index contributed by atoms with van der Waals surface area (Å²) in [4.78, 5) is 0. The van der Waals surface area contributed by atoms with Crippen molar-refractivity contribution >= 4 is 34.8 Å². The molecule has 0 amide bonds. The van der Waals surface area contributed by atoms with E-state index in [-0.39, 0.29) is 5.82 Å². The van der Waals surface area contributed by atoms with Crippen molar-refractivity contribution in [1.29, 1.82) is 0 Å². The van der Waals surface area contributed by atoms with Crippen LogP contribution in [0.4, 0.5) is 4.39 Å². The number of benzene rings is 1. The molecule has 17 heavy (non-hydrogen) atoms. The van der Waals surface area contributed by atoms with Crippen molar-refractivity contribution in [3.63, 3.8) is 0 Å². The third kappa shape index (κ3) is 2.03. The van der Waals surface area contributed by atoms with Gasteiger partial charge < -0.3 is 0 Å². The maximum atomic E-state index is 13.1. The molecular formula is C11H9FIN3S. The average Bonchev–Trinajstić information content (AvgIpc) is 3.03. The molecule has 1 aliphatic rings. The first kappa shape index (κ1) is 11.3. The minimum atomic E-state index is -0.231. The van der Waals surface area contributed by atoms with Crippen LogP contribution in [-0.2, 0) is 0 Å². The molecule has 2 aromatic rings. The Morgan fingerprint density at radius 3 is 2.88 bits per heavy atom. The number of hydrogen-bond donors (Lipinski definition) is 1. The molecule has 3 rings (SSSR count). The quantitative estimate of drug-likeness (QED) is 0.654. The smallest absolute Gasteiger partial charge is 0.195 e. The SMILES string of the molecule is Fc1ccc(-c2n[nH]c(=S)n2C2CC2)c(I)c1. The third-order valence-electron chi connectivity index (χ3n) is 2.79. The molecule has 0 unspecified atom stereocenters. The lowest BCUT2D eigenvalue weighted by atomic mass is 10.2. The highest BCUT2D eigenvalue weighted by Crippen LogP contribution is 2.38. The van der Waals surface area contributed by atoms with E-state index in [0.29, 0.717) is 10.8 Å². The van der Waals surface area contributed by atoms with E-state index >= 15 is 0 Å². The van der Waals surface area contributed by atoms with E-state index in [1.807, 2.05) is 4.57 Å². The summed E-state index contributed by atoms with van der Waals surface area (Å²) >= 11 is 7.34. The van der Waals surface area contributed by atoms with E-state index in [1.54, 1.807) is 6.07 Å². The summed E-state index contributed by atoms with van der Waals surface area (Å²) in [6, 6.07) is 5.16. The topological polar surface area (TPSA) is 33.6 Å². The second kappa shape index (κ2) is 4.16. The van der Waals surface area contributed by atoms with Crippen LogP contribution in [0.2, 0.25) is 0 Å². The Labute approximate surface area is 116 Å². The van der Waals surface area contributed by atoms with Gasteiger partial charge in [-0.1, -0.05) is 0 Å². The lowest BCUT2D eigenvalue weighted by Crippen LogP contribution is -1.99. The number of aromatic amines is 1. The Balaban J connectivity index is 2.18. The van der Waals surface area contributed by atoms with Crippen LogP contribution in [-0.4, -0.2) is 14.8 Å². The summed E-state index contributed by atoms with van der Waals surface area (Å²) in [7, 11) is 0. The molecule has 0 bridgehead atoms. The molecule has 1 aromatic heterocycles. The second-order valence-electron chi connectivity index (χ2n) is 4.08. The van der Waals surface area contributed by atoms with Gasteiger partial charge in [0.1, 0.15) is 5.82 Å². The van der Waals surface area contributed by atoms with Gasteiger partial charge in [-0.15, -0.1) is 0 Å². The van der Waals surface area contributed by atoms with Crippen LogP contribution in [0.15, 0.2) is 18.2 Å². The fourth-order valence-electron chi connectivity index (χ4n) is 1.84. The van der Waals surface area contributed by atoms with Crippen molar-refractivity contribution in [3.8, 4) is 11.4 Å². The van der Waals surface area contributed by atoms with Gasteiger partial charge in [-0.25, -0.2) is 4.39 Å². The number of aromatic nitrogens is 3. The van der Waals surface area contributed by atoms with Gasteiger partial charge in [0.25, 0.3) is 0 Å². The van der Waals surface area contributed by atoms with Crippen molar-refractivity contribution in [2.24, 2.45) is 0 Å². The molecule has 88 valence electrons. The highest BCUT2D eigenvalue weighted by atomic mass is 127. The van der Waals surface area contributed by atoms with Crippen LogP contribution in [0.3, 0.4) is 0 Å². The number of H-pyrrole nitrogens is 1. The fraction of sp³-hybridized carbons (Fsp3) is 0.273. The number of nitrogens with one attached hydrogen (secondary N) is 1. The maximum absolute atomic E-state index is 13.1. The molecule has 1 heterocycles. The minimum Gasteiger partial charge on any atom is -0.297 e. The Bertz CT molecular complexity index is 630. The van der Waals surface area contributed by atoms with Crippen molar-refractivity contribution in [1.82, 2.24) is 14.8 Å². The third-order valence-corrected chi connectivity index (χ3v) is 3.97. The van der Waals surface area contributed by atoms with Crippen LogP contribution in [0, 0.1) is 14.2 Å². The molecule has 0 saturated heterocycles. The van der Waals surface area contributed by atoms with Crippen LogP contribution < -0.4 is 0 Å². The molecule has 6 heteroatoms. The van der Waals surface area contributed by atoms with Crippen molar-refractivity contribution in [2.45, 2.75) is 18.9 Å². The van der Waals surface area contributed by atoms with E-state index in [2.05, 4.69) is 32.8 Å². The fourth-order valence-corrected chi connectivity index (χ4v) is 2.84. The van der Waals surface area contributed by atoms with E-state index in [1.165, 1.54) is 12.1 Å². The van der Waals surface area contributed by atoms with E-state index in [9.17, 15) is 4.39 Å². The first-order valence-electron chi connectivity index (χ1n) is 5.29. The number of halogens is 2. The largest absolute Gasteiger partial charge is 0.297 e. The van der Waals surface area contributed by atoms with Gasteiger partial charge in [-0.3, -0.25) is 9.67 Å². The van der Waals surface area contributed by atoms with Gasteiger partial charge in [0.05, 0.1) is 0 Å². The predicted molar refractivity (Wildman–Crippen MR) is 73.8 cm³/mol. The van der Waals surface area contributed by atoms with Crippen molar-refractivity contribution < 1.29 is 4.39 Å². The zero-order valence-corrected chi connectivity index (χ0v) is 11.8. The molecule has 1 aliphatic carbocycles. The minimum absolute atomic E-state index is 0.231. The number of nitrogens with zero attached hydrogens (tertiary/aromatic N) is 2. The van der Waals surface area contributed by atoms with Gasteiger partial charge in [0, 0.05) is 15.2 Å². The maximum Gasteiger partial charge on any atom is 0.195 e. The monoisotopic (exact) mass is 361 g/mol. The van der Waals surface area contributed by atoms with Gasteiger partial charge in [-0.05, 0) is 65.8 Å². The predicted octanol–water partition coefficient (Wildman–Crippen LogP) is 3.69. The zero-order valence-electron chi connectivity index (χ0n) is 8.78. The molecular weight excluding hydrogens is 352 g/mol. The summed E-state index contributed by atoms with van der Waals surface area (Å²) in [5.74, 6) is 0.576. The van der Waals surface area contributed by atoms with E-state index in [4.69, 9.17) is 12.2 Å². The Kier molecular flexibility index (Phi) is 2.78. The van der Waals surface area contributed by atoms with Crippen molar-refractivity contribution in [2.75, 3.05) is 0 Å². The molecule has 0 spiro atoms. The second-order valence-corrected chi connectivity index (χ2v) is 5.63. The van der Waals surface area contributed by atoms with Crippen LogP contribution >= 0.6 is 34.8 Å². The Hall–Kier alpha value is -0.760. The van der Waals surface area contributed by atoms with Gasteiger partial charge in [0.15, 0.2) is 10.6 Å². The van der Waals surface area contributed by atoms with Gasteiger partial charge in [-0.2, -0.15) is 5.10 Å². The normalized spacial score (nSPS) is 15.2. The lowest BCUT2D eigenvalue weighted by Gasteiger charge is -2.06. The van der Waals surface area contributed by atoms with Crippen LogP contribution in [0.5, 0.6) is 0 Å². The van der Waals surface area contributed by atoms with Gasteiger partial charge >= 0.3 is 0 Å². The molecule has 0 aliphatic heterocycles. The first-order chi connectivity index (χ1) is 8.16. The highest BCUT2D eigenvalue weighted by molar-refractivity contribution is 14.1. The number of rotatable bonds is 2. The van der Waals surface area contributed by atoms with Gasteiger partial charge in [0.2, 0.25) is 0 Å². The average molecular weight is 361 g/mol. The molecule has 1 fully saturated rings. The summed E-state index contributed by atoms with van der Waals surface area (Å²) in [5, 5.41) is 7.07. The lowest BCUT2D eigenvalue weighted by molar-refractivity contribution is 0.627. The summed E-state index contributed by atoms with van der Waals surface area (Å²) in [5.41, 5.74) is 0.922. The van der Waals surface area contributed by atoms with Crippen LogP contribution in [0.25, 0.3) is 11.4 Å².